The van der Waals surface area contributed by atoms with Crippen molar-refractivity contribution in [2.45, 2.75) is 5.40 Å². The first-order valence-corrected chi connectivity index (χ1v) is 13.9. The van der Waals surface area contributed by atoms with Gasteiger partial charge in [-0.3, -0.25) is 0 Å². The Balaban J connectivity index is 1.80. The van der Waals surface area contributed by atoms with Crippen LogP contribution in [-0.2, 0) is 7.05 Å². The zero-order chi connectivity index (χ0) is 22.5. The lowest BCUT2D eigenvalue weighted by molar-refractivity contribution is 0.841. The van der Waals surface area contributed by atoms with Gasteiger partial charge in [0.15, 0.2) is 0 Å². The molecule has 5 aromatic rings. The molecule has 0 unspecified atom stereocenters. The quantitative estimate of drug-likeness (QED) is 0.283. The molecular formula is C29H26N2P2. The number of hydrogen-bond acceptors (Lipinski definition) is 1. The minimum Gasteiger partial charge on any atom is -0.337 e. The van der Waals surface area contributed by atoms with Crippen molar-refractivity contribution in [2.24, 2.45) is 7.05 Å². The van der Waals surface area contributed by atoms with Crippen molar-refractivity contribution in [3.8, 4) is 0 Å². The summed E-state index contributed by atoms with van der Waals surface area (Å²) < 4.78 is 2.22. The highest BCUT2D eigenvalue weighted by molar-refractivity contribution is 7.89. The molecule has 1 aromatic heterocycles. The molecule has 0 N–H and O–H groups in total. The minimum absolute atomic E-state index is 0.226. The number of aromatic nitrogens is 2. The predicted octanol–water partition coefficient (Wildman–Crippen LogP) is 5.68. The average molecular weight is 464 g/mol. The Kier molecular flexibility index (Phi) is 6.77. The van der Waals surface area contributed by atoms with Gasteiger partial charge in [-0.25, -0.2) is 4.98 Å². The van der Waals surface area contributed by atoms with Gasteiger partial charge in [-0.15, -0.1) is 0 Å². The molecule has 4 heteroatoms. The third-order valence-electron chi connectivity index (χ3n) is 5.72. The van der Waals surface area contributed by atoms with Crippen molar-refractivity contribution in [1.82, 2.24) is 9.55 Å². The van der Waals surface area contributed by atoms with Crippen LogP contribution in [0.3, 0.4) is 0 Å². The molecule has 0 aliphatic rings. The second kappa shape index (κ2) is 10.3. The van der Waals surface area contributed by atoms with Crippen LogP contribution < -0.4 is 21.2 Å². The summed E-state index contributed by atoms with van der Waals surface area (Å²) in [5.41, 5.74) is 0. The van der Waals surface area contributed by atoms with E-state index in [1.54, 1.807) is 0 Å². The van der Waals surface area contributed by atoms with Crippen LogP contribution in [-0.4, -0.2) is 9.55 Å². The molecule has 0 atom stereocenters. The maximum absolute atomic E-state index is 4.96. The van der Waals surface area contributed by atoms with Crippen molar-refractivity contribution < 1.29 is 0 Å². The summed E-state index contributed by atoms with van der Waals surface area (Å²) in [5.74, 6) is 1.15. The first kappa shape index (κ1) is 21.8. The summed E-state index contributed by atoms with van der Waals surface area (Å²) in [6, 6.07) is 44.0. The van der Waals surface area contributed by atoms with Crippen LogP contribution in [0.1, 0.15) is 11.2 Å². The lowest BCUT2D eigenvalue weighted by Crippen LogP contribution is -2.24. The standard InChI is InChI=1S/C29H26N2P2/c1-31-23-22-30-28(31)29(32(24-14-6-2-7-15-24)25-16-8-3-9-17-25)33(26-18-10-4-11-19-26)27-20-12-5-13-21-27/h2-23,29H,1H3. The highest BCUT2D eigenvalue weighted by Crippen LogP contribution is 2.65. The molecular weight excluding hydrogens is 438 g/mol. The molecule has 0 aliphatic carbocycles. The van der Waals surface area contributed by atoms with E-state index in [1.807, 2.05) is 6.20 Å². The summed E-state index contributed by atoms with van der Waals surface area (Å²) in [7, 11) is 0.683. The molecule has 0 saturated carbocycles. The third-order valence-corrected chi connectivity index (χ3v) is 12.0. The van der Waals surface area contributed by atoms with Crippen LogP contribution in [0, 0.1) is 0 Å². The van der Waals surface area contributed by atoms with E-state index < -0.39 is 15.8 Å². The average Bonchev–Trinajstić information content (AvgIpc) is 3.31. The van der Waals surface area contributed by atoms with Crippen LogP contribution in [0.5, 0.6) is 0 Å². The van der Waals surface area contributed by atoms with E-state index in [0.717, 1.165) is 5.82 Å². The molecule has 0 saturated heterocycles. The molecule has 0 amide bonds. The van der Waals surface area contributed by atoms with Crippen LogP contribution in [0.15, 0.2) is 134 Å². The SMILES string of the molecule is Cn1ccnc1C(P(c1ccccc1)c1ccccc1)P(c1ccccc1)c1ccccc1. The molecule has 0 bridgehead atoms. The van der Waals surface area contributed by atoms with Crippen molar-refractivity contribution in [3.63, 3.8) is 0 Å². The Morgan fingerprint density at radius 3 is 1.15 bits per heavy atom. The van der Waals surface area contributed by atoms with E-state index >= 15 is 0 Å². The van der Waals surface area contributed by atoms with Crippen molar-refractivity contribution in [3.05, 3.63) is 140 Å². The van der Waals surface area contributed by atoms with E-state index in [-0.39, 0.29) is 5.40 Å². The van der Waals surface area contributed by atoms with E-state index in [9.17, 15) is 0 Å². The van der Waals surface area contributed by atoms with Gasteiger partial charge in [0, 0.05) is 19.4 Å². The Bertz CT molecular complexity index is 1110. The lowest BCUT2D eigenvalue weighted by Gasteiger charge is -2.35. The van der Waals surface area contributed by atoms with Gasteiger partial charge >= 0.3 is 0 Å². The highest BCUT2D eigenvalue weighted by Gasteiger charge is 2.37. The Labute approximate surface area is 198 Å². The van der Waals surface area contributed by atoms with E-state index in [1.165, 1.54) is 21.2 Å². The summed E-state index contributed by atoms with van der Waals surface area (Å²) in [6.07, 6.45) is 4.02. The fraction of sp³-hybridized carbons (Fsp3) is 0.0690. The number of imidazole rings is 1. The Hall–Kier alpha value is -3.05. The molecule has 2 nitrogen and oxygen atoms in total. The molecule has 0 fully saturated rings. The van der Waals surface area contributed by atoms with Gasteiger partial charge in [-0.05, 0) is 37.1 Å². The van der Waals surface area contributed by atoms with Gasteiger partial charge in [0.1, 0.15) is 5.82 Å². The van der Waals surface area contributed by atoms with E-state index in [0.29, 0.717) is 0 Å². The summed E-state index contributed by atoms with van der Waals surface area (Å²) in [5, 5.41) is 5.75. The molecule has 1 heterocycles. The predicted molar refractivity (Wildman–Crippen MR) is 144 cm³/mol. The maximum Gasteiger partial charge on any atom is 0.121 e. The second-order valence-corrected chi connectivity index (χ2v) is 12.8. The van der Waals surface area contributed by atoms with E-state index in [4.69, 9.17) is 4.98 Å². The van der Waals surface area contributed by atoms with Gasteiger partial charge in [0.05, 0.1) is 5.40 Å². The van der Waals surface area contributed by atoms with Crippen molar-refractivity contribution in [1.29, 1.82) is 0 Å². The number of aryl methyl sites for hydroxylation is 1. The molecule has 0 spiro atoms. The first-order valence-electron chi connectivity index (χ1n) is 11.1. The number of rotatable bonds is 7. The number of hydrogen-bond donors (Lipinski definition) is 0. The number of benzene rings is 4. The Morgan fingerprint density at radius 1 is 0.545 bits per heavy atom. The van der Waals surface area contributed by atoms with Crippen molar-refractivity contribution in [2.75, 3.05) is 0 Å². The summed E-state index contributed by atoms with van der Waals surface area (Å²) in [6.45, 7) is 0. The van der Waals surface area contributed by atoms with Crippen LogP contribution in [0.25, 0.3) is 0 Å². The zero-order valence-corrected chi connectivity index (χ0v) is 20.4. The Morgan fingerprint density at radius 2 is 0.879 bits per heavy atom. The summed E-state index contributed by atoms with van der Waals surface area (Å²) >= 11 is 0. The molecule has 0 radical (unpaired) electrons. The molecule has 5 rings (SSSR count). The molecule has 33 heavy (non-hydrogen) atoms. The fourth-order valence-corrected chi connectivity index (χ4v) is 11.4. The lowest BCUT2D eigenvalue weighted by atomic mass is 10.4. The van der Waals surface area contributed by atoms with Crippen LogP contribution >= 0.6 is 15.8 Å². The smallest absolute Gasteiger partial charge is 0.121 e. The number of nitrogens with zero attached hydrogens (tertiary/aromatic N) is 2. The van der Waals surface area contributed by atoms with Crippen LogP contribution in [0.2, 0.25) is 0 Å². The van der Waals surface area contributed by atoms with Crippen molar-refractivity contribution >= 4 is 37.1 Å². The second-order valence-electron chi connectivity index (χ2n) is 7.85. The van der Waals surface area contributed by atoms with Gasteiger partial charge in [0.2, 0.25) is 0 Å². The van der Waals surface area contributed by atoms with Gasteiger partial charge in [0.25, 0.3) is 0 Å². The van der Waals surface area contributed by atoms with Crippen LogP contribution in [0.4, 0.5) is 0 Å². The summed E-state index contributed by atoms with van der Waals surface area (Å²) in [4.78, 5) is 4.96. The fourth-order valence-electron chi connectivity index (χ4n) is 4.19. The van der Waals surface area contributed by atoms with Gasteiger partial charge in [-0.2, -0.15) is 0 Å². The van der Waals surface area contributed by atoms with Gasteiger partial charge in [-0.1, -0.05) is 121 Å². The largest absolute Gasteiger partial charge is 0.337 e. The third kappa shape index (κ3) is 4.69. The first-order chi connectivity index (χ1) is 16.3. The molecule has 162 valence electrons. The highest BCUT2D eigenvalue weighted by atomic mass is 31.2. The normalized spacial score (nSPS) is 11.4. The monoisotopic (exact) mass is 464 g/mol. The minimum atomic E-state index is -0.722. The van der Waals surface area contributed by atoms with Gasteiger partial charge < -0.3 is 4.57 Å². The zero-order valence-electron chi connectivity index (χ0n) is 18.6. The molecule has 0 aliphatic heterocycles. The van der Waals surface area contributed by atoms with E-state index in [2.05, 4.69) is 139 Å². The topological polar surface area (TPSA) is 17.8 Å². The maximum atomic E-state index is 4.96. The molecule has 4 aromatic carbocycles.